The summed E-state index contributed by atoms with van der Waals surface area (Å²) in [4.78, 5) is 11.3. The average molecular weight is 453 g/mol. The topological polar surface area (TPSA) is 89.3 Å². The van der Waals surface area contributed by atoms with E-state index in [2.05, 4.69) is 16.4 Å². The Kier molecular flexibility index (Phi) is 7.61. The summed E-state index contributed by atoms with van der Waals surface area (Å²) >= 11 is 0. The minimum absolute atomic E-state index is 0.131. The Morgan fingerprint density at radius 3 is 2.47 bits per heavy atom. The van der Waals surface area contributed by atoms with Crippen LogP contribution in [0.2, 0.25) is 0 Å². The summed E-state index contributed by atoms with van der Waals surface area (Å²) in [6.45, 7) is 0. The number of amides is 1. The number of aromatic nitrogens is 3. The molecule has 7 nitrogen and oxygen atoms in total. The van der Waals surface area contributed by atoms with Crippen LogP contribution in [0.5, 0.6) is 11.5 Å². The van der Waals surface area contributed by atoms with E-state index in [0.717, 1.165) is 22.6 Å². The van der Waals surface area contributed by atoms with Gasteiger partial charge in [-0.1, -0.05) is 78.0 Å². The van der Waals surface area contributed by atoms with E-state index in [1.54, 1.807) is 16.4 Å². The Morgan fingerprint density at radius 2 is 1.71 bits per heavy atom. The molecule has 1 heterocycles. The minimum atomic E-state index is -0.634. The van der Waals surface area contributed by atoms with Crippen molar-refractivity contribution in [2.24, 2.45) is 0 Å². The van der Waals surface area contributed by atoms with Crippen LogP contribution in [0.3, 0.4) is 0 Å². The normalized spacial score (nSPS) is 12.1. The Labute approximate surface area is 197 Å². The molecule has 3 aromatic carbocycles. The zero-order chi connectivity index (χ0) is 23.6. The van der Waals surface area contributed by atoms with Crippen molar-refractivity contribution < 1.29 is 14.7 Å². The number of nitrogens with one attached hydrogen (secondary N) is 1. The molecule has 0 aliphatic rings. The van der Waals surface area contributed by atoms with Crippen molar-refractivity contribution in [3.8, 4) is 11.5 Å². The van der Waals surface area contributed by atoms with Gasteiger partial charge < -0.3 is 4.74 Å². The van der Waals surface area contributed by atoms with Crippen LogP contribution in [0.25, 0.3) is 12.2 Å². The maximum absolute atomic E-state index is 11.3. The van der Waals surface area contributed by atoms with E-state index in [1.807, 2.05) is 91.0 Å². The van der Waals surface area contributed by atoms with Gasteiger partial charge in [-0.2, -0.15) is 0 Å². The van der Waals surface area contributed by atoms with Crippen LogP contribution in [0.4, 0.5) is 0 Å². The third-order valence-electron chi connectivity index (χ3n) is 5.02. The van der Waals surface area contributed by atoms with Gasteiger partial charge in [-0.3, -0.25) is 10.0 Å². The first kappa shape index (κ1) is 22.7. The predicted molar refractivity (Wildman–Crippen MR) is 130 cm³/mol. The van der Waals surface area contributed by atoms with Gasteiger partial charge in [0.1, 0.15) is 17.2 Å². The first-order valence-corrected chi connectivity index (χ1v) is 10.8. The third-order valence-corrected chi connectivity index (χ3v) is 5.02. The second-order valence-corrected chi connectivity index (χ2v) is 7.54. The number of para-hydroxylation sites is 1. The summed E-state index contributed by atoms with van der Waals surface area (Å²) in [5.74, 6) is 0.900. The van der Waals surface area contributed by atoms with Gasteiger partial charge in [0.2, 0.25) is 0 Å². The number of hydrogen-bond acceptors (Lipinski definition) is 5. The van der Waals surface area contributed by atoms with Crippen LogP contribution < -0.4 is 10.2 Å². The Balaban J connectivity index is 1.57. The summed E-state index contributed by atoms with van der Waals surface area (Å²) in [6.07, 6.45) is 9.20. The number of allylic oxidation sites excluding steroid dienone is 1. The lowest BCUT2D eigenvalue weighted by atomic mass is 10.0. The van der Waals surface area contributed by atoms with E-state index >= 15 is 0 Å². The minimum Gasteiger partial charge on any atom is -0.457 e. The monoisotopic (exact) mass is 452 g/mol. The summed E-state index contributed by atoms with van der Waals surface area (Å²) in [5.41, 5.74) is 4.21. The molecular formula is C27H24N4O3. The molecule has 34 heavy (non-hydrogen) atoms. The number of benzene rings is 3. The van der Waals surface area contributed by atoms with Crippen LogP contribution in [-0.4, -0.2) is 26.1 Å². The average Bonchev–Trinajstić information content (AvgIpc) is 3.35. The highest BCUT2D eigenvalue weighted by Crippen LogP contribution is 2.24. The van der Waals surface area contributed by atoms with Crippen molar-refractivity contribution in [2.45, 2.75) is 12.5 Å². The van der Waals surface area contributed by atoms with Crippen molar-refractivity contribution in [1.82, 2.24) is 20.5 Å². The van der Waals surface area contributed by atoms with Crippen LogP contribution >= 0.6 is 0 Å². The molecular weight excluding hydrogens is 428 g/mol. The fraction of sp³-hybridized carbons (Fsp3) is 0.0741. The van der Waals surface area contributed by atoms with Gasteiger partial charge >= 0.3 is 0 Å². The molecule has 2 N–H and O–H groups in total. The van der Waals surface area contributed by atoms with Crippen molar-refractivity contribution >= 4 is 18.1 Å². The number of carbonyl (C=O) groups is 1. The lowest BCUT2D eigenvalue weighted by Crippen LogP contribution is -2.14. The fourth-order valence-electron chi connectivity index (χ4n) is 3.37. The predicted octanol–water partition coefficient (Wildman–Crippen LogP) is 5.09. The van der Waals surface area contributed by atoms with Gasteiger partial charge in [-0.15, -0.1) is 5.10 Å². The van der Waals surface area contributed by atoms with Crippen molar-refractivity contribution in [3.05, 3.63) is 120 Å². The Hall–Kier alpha value is -4.49. The number of hydroxylamine groups is 1. The maximum atomic E-state index is 11.3. The number of rotatable bonds is 9. The van der Waals surface area contributed by atoms with Crippen molar-refractivity contribution in [1.29, 1.82) is 0 Å². The van der Waals surface area contributed by atoms with Crippen LogP contribution in [0.15, 0.2) is 103 Å². The van der Waals surface area contributed by atoms with Gasteiger partial charge in [-0.05, 0) is 47.9 Å². The van der Waals surface area contributed by atoms with Crippen LogP contribution in [-0.2, 0) is 11.2 Å². The molecule has 1 unspecified atom stereocenters. The molecule has 4 rings (SSSR count). The molecule has 0 saturated carbocycles. The van der Waals surface area contributed by atoms with E-state index < -0.39 is 5.91 Å². The van der Waals surface area contributed by atoms with Gasteiger partial charge in [-0.25, -0.2) is 10.2 Å². The van der Waals surface area contributed by atoms with E-state index in [0.29, 0.717) is 12.1 Å². The summed E-state index contributed by atoms with van der Waals surface area (Å²) in [5, 5.41) is 17.0. The van der Waals surface area contributed by atoms with Crippen molar-refractivity contribution in [2.75, 3.05) is 0 Å². The van der Waals surface area contributed by atoms with Gasteiger partial charge in [0.25, 0.3) is 5.91 Å². The summed E-state index contributed by atoms with van der Waals surface area (Å²) in [6, 6.07) is 27.5. The zero-order valence-corrected chi connectivity index (χ0v) is 18.4. The van der Waals surface area contributed by atoms with E-state index in [4.69, 9.17) is 9.94 Å². The molecule has 0 spiro atoms. The number of nitrogens with zero attached hydrogens (tertiary/aromatic N) is 3. The first-order valence-electron chi connectivity index (χ1n) is 10.8. The largest absolute Gasteiger partial charge is 0.457 e. The van der Waals surface area contributed by atoms with Crippen LogP contribution in [0, 0.1) is 0 Å². The molecule has 0 aliphatic carbocycles. The van der Waals surface area contributed by atoms with Crippen LogP contribution in [0.1, 0.15) is 22.9 Å². The Bertz CT molecular complexity index is 1270. The van der Waals surface area contributed by atoms with Gasteiger partial charge in [0.05, 0.1) is 12.2 Å². The smallest absolute Gasteiger partial charge is 0.267 e. The molecule has 170 valence electrons. The first-order chi connectivity index (χ1) is 16.7. The van der Waals surface area contributed by atoms with E-state index in [-0.39, 0.29) is 6.04 Å². The zero-order valence-electron chi connectivity index (χ0n) is 18.4. The van der Waals surface area contributed by atoms with Crippen molar-refractivity contribution in [3.63, 3.8) is 0 Å². The molecule has 0 saturated heterocycles. The SMILES string of the molecule is O=C(/C=C/c1cn(C(/C=C/c2ccccc2)Cc2cccc(Oc3ccccc3)c2)nn1)NO. The number of hydrogen-bond donors (Lipinski definition) is 2. The van der Waals surface area contributed by atoms with E-state index in [9.17, 15) is 4.79 Å². The molecule has 1 atom stereocenters. The summed E-state index contributed by atoms with van der Waals surface area (Å²) < 4.78 is 7.74. The second-order valence-electron chi connectivity index (χ2n) is 7.54. The maximum Gasteiger partial charge on any atom is 0.267 e. The number of ether oxygens (including phenoxy) is 1. The molecule has 0 radical (unpaired) electrons. The van der Waals surface area contributed by atoms with Gasteiger partial charge in [0, 0.05) is 6.08 Å². The molecule has 7 heteroatoms. The highest BCUT2D eigenvalue weighted by Gasteiger charge is 2.12. The molecule has 0 aliphatic heterocycles. The molecule has 0 fully saturated rings. The fourth-order valence-corrected chi connectivity index (χ4v) is 3.37. The van der Waals surface area contributed by atoms with Gasteiger partial charge in [0.15, 0.2) is 0 Å². The molecule has 1 amide bonds. The van der Waals surface area contributed by atoms with E-state index in [1.165, 1.54) is 12.2 Å². The molecule has 0 bridgehead atoms. The lowest BCUT2D eigenvalue weighted by molar-refractivity contribution is -0.124. The number of carbonyl (C=O) groups excluding carboxylic acids is 1. The second kappa shape index (κ2) is 11.4. The Morgan fingerprint density at radius 1 is 0.971 bits per heavy atom. The highest BCUT2D eigenvalue weighted by atomic mass is 16.5. The lowest BCUT2D eigenvalue weighted by Gasteiger charge is -2.14. The summed E-state index contributed by atoms with van der Waals surface area (Å²) in [7, 11) is 0. The third kappa shape index (κ3) is 6.51. The standard InChI is InChI=1S/C27H24N4O3/c32-27(29-33)17-15-23-20-31(30-28-23)24(16-14-21-8-3-1-4-9-21)18-22-10-7-13-26(19-22)34-25-11-5-2-6-12-25/h1-17,19-20,24,33H,18H2,(H,29,32)/b16-14+,17-15+. The highest BCUT2D eigenvalue weighted by molar-refractivity contribution is 5.90. The molecule has 1 aromatic heterocycles. The quantitative estimate of drug-likeness (QED) is 0.210. The molecule has 4 aromatic rings.